The Bertz CT molecular complexity index is 697. The number of hydrogen-bond donors (Lipinski definition) is 1. The standard InChI is InChI=1S/C17H26BNO5S/c1-16(2)17(3,4)24-18(23-16)13-5-7-14(8-6-13)22-12-11-19-25(20,21)15-9-10-15/h5-8,15,19H,9-12H2,1-4H3. The molecule has 0 unspecified atom stereocenters. The van der Waals surface area contributed by atoms with E-state index in [-0.39, 0.29) is 23.0 Å². The highest BCUT2D eigenvalue weighted by Gasteiger charge is 2.51. The van der Waals surface area contributed by atoms with Crippen molar-refractivity contribution in [3.63, 3.8) is 0 Å². The van der Waals surface area contributed by atoms with Crippen LogP contribution in [0.5, 0.6) is 5.75 Å². The zero-order valence-electron chi connectivity index (χ0n) is 15.2. The number of benzene rings is 1. The van der Waals surface area contributed by atoms with Crippen LogP contribution in [0.3, 0.4) is 0 Å². The topological polar surface area (TPSA) is 73.9 Å². The van der Waals surface area contributed by atoms with Gasteiger partial charge in [-0.3, -0.25) is 0 Å². The third-order valence-electron chi connectivity index (χ3n) is 5.04. The van der Waals surface area contributed by atoms with E-state index in [9.17, 15) is 8.42 Å². The molecule has 1 aromatic rings. The summed E-state index contributed by atoms with van der Waals surface area (Å²) in [5.74, 6) is 0.686. The SMILES string of the molecule is CC1(C)OB(c2ccc(OCCNS(=O)(=O)C3CC3)cc2)OC1(C)C. The van der Waals surface area contributed by atoms with E-state index in [0.717, 1.165) is 18.3 Å². The number of ether oxygens (including phenoxy) is 1. The number of sulfonamides is 1. The molecule has 1 aliphatic heterocycles. The van der Waals surface area contributed by atoms with Crippen molar-refractivity contribution in [2.45, 2.75) is 57.0 Å². The smallest absolute Gasteiger partial charge is 0.492 e. The minimum Gasteiger partial charge on any atom is -0.492 e. The first-order chi connectivity index (χ1) is 11.6. The minimum atomic E-state index is -3.14. The fourth-order valence-corrected chi connectivity index (χ4v) is 3.91. The molecule has 8 heteroatoms. The molecule has 2 fully saturated rings. The van der Waals surface area contributed by atoms with Gasteiger partial charge in [-0.25, -0.2) is 13.1 Å². The van der Waals surface area contributed by atoms with Gasteiger partial charge in [-0.05, 0) is 58.1 Å². The zero-order chi connectivity index (χ0) is 18.3. The fourth-order valence-electron chi connectivity index (χ4n) is 2.55. The van der Waals surface area contributed by atoms with Crippen LogP contribution in [-0.2, 0) is 19.3 Å². The third kappa shape index (κ3) is 4.19. The lowest BCUT2D eigenvalue weighted by molar-refractivity contribution is 0.00578. The highest BCUT2D eigenvalue weighted by atomic mass is 32.2. The number of hydrogen-bond acceptors (Lipinski definition) is 5. The van der Waals surface area contributed by atoms with Gasteiger partial charge < -0.3 is 14.0 Å². The highest BCUT2D eigenvalue weighted by molar-refractivity contribution is 7.90. The Hall–Kier alpha value is -1.09. The quantitative estimate of drug-likeness (QED) is 0.583. The Labute approximate surface area is 150 Å². The first-order valence-corrected chi connectivity index (χ1v) is 10.2. The van der Waals surface area contributed by atoms with Crippen molar-refractivity contribution in [3.05, 3.63) is 24.3 Å². The maximum atomic E-state index is 11.7. The van der Waals surface area contributed by atoms with Crippen LogP contribution in [0, 0.1) is 0 Å². The van der Waals surface area contributed by atoms with E-state index in [2.05, 4.69) is 4.72 Å². The summed E-state index contributed by atoms with van der Waals surface area (Å²) in [4.78, 5) is 0. The maximum Gasteiger partial charge on any atom is 0.494 e. The molecule has 1 saturated heterocycles. The lowest BCUT2D eigenvalue weighted by Crippen LogP contribution is -2.41. The molecule has 1 heterocycles. The van der Waals surface area contributed by atoms with E-state index in [1.807, 2.05) is 52.0 Å². The van der Waals surface area contributed by atoms with Gasteiger partial charge in [-0.15, -0.1) is 0 Å². The van der Waals surface area contributed by atoms with Crippen molar-refractivity contribution < 1.29 is 22.5 Å². The van der Waals surface area contributed by atoms with E-state index in [1.165, 1.54) is 0 Å². The van der Waals surface area contributed by atoms with Crippen molar-refractivity contribution in [1.29, 1.82) is 0 Å². The lowest BCUT2D eigenvalue weighted by atomic mass is 9.79. The van der Waals surface area contributed by atoms with Gasteiger partial charge in [0.1, 0.15) is 12.4 Å². The number of nitrogens with one attached hydrogen (secondary N) is 1. The molecule has 3 rings (SSSR count). The fraction of sp³-hybridized carbons (Fsp3) is 0.647. The average Bonchev–Trinajstić information content (AvgIpc) is 3.33. The molecule has 25 heavy (non-hydrogen) atoms. The van der Waals surface area contributed by atoms with Gasteiger partial charge >= 0.3 is 7.12 Å². The van der Waals surface area contributed by atoms with Crippen molar-refractivity contribution in [2.24, 2.45) is 0 Å². The van der Waals surface area contributed by atoms with Gasteiger partial charge in [0.2, 0.25) is 10.0 Å². The van der Waals surface area contributed by atoms with Crippen molar-refractivity contribution in [2.75, 3.05) is 13.2 Å². The van der Waals surface area contributed by atoms with Gasteiger partial charge in [0.25, 0.3) is 0 Å². The molecular weight excluding hydrogens is 341 g/mol. The third-order valence-corrected chi connectivity index (χ3v) is 7.00. The molecule has 0 spiro atoms. The maximum absolute atomic E-state index is 11.7. The summed E-state index contributed by atoms with van der Waals surface area (Å²) in [5, 5.41) is -0.202. The van der Waals surface area contributed by atoms with E-state index in [1.54, 1.807) is 0 Å². The average molecular weight is 367 g/mol. The molecule has 0 atom stereocenters. The Morgan fingerprint density at radius 2 is 1.68 bits per heavy atom. The molecule has 6 nitrogen and oxygen atoms in total. The van der Waals surface area contributed by atoms with E-state index in [0.29, 0.717) is 12.4 Å². The van der Waals surface area contributed by atoms with Gasteiger partial charge in [-0.2, -0.15) is 0 Å². The first kappa shape index (κ1) is 18.7. The van der Waals surface area contributed by atoms with Crippen LogP contribution in [0.4, 0.5) is 0 Å². The van der Waals surface area contributed by atoms with Crippen LogP contribution in [0.2, 0.25) is 0 Å². The zero-order valence-corrected chi connectivity index (χ0v) is 16.1. The second-order valence-electron chi connectivity index (χ2n) is 7.64. The molecule has 0 aromatic heterocycles. The van der Waals surface area contributed by atoms with E-state index >= 15 is 0 Å². The monoisotopic (exact) mass is 367 g/mol. The molecule has 2 aliphatic rings. The van der Waals surface area contributed by atoms with Crippen LogP contribution in [0.1, 0.15) is 40.5 Å². The Morgan fingerprint density at radius 1 is 1.12 bits per heavy atom. The Morgan fingerprint density at radius 3 is 2.20 bits per heavy atom. The molecule has 0 bridgehead atoms. The van der Waals surface area contributed by atoms with Crippen molar-refractivity contribution in [1.82, 2.24) is 4.72 Å². The van der Waals surface area contributed by atoms with Gasteiger partial charge in [0.05, 0.1) is 16.5 Å². The van der Waals surface area contributed by atoms with Crippen LogP contribution >= 0.6 is 0 Å². The molecular formula is C17H26BNO5S. The van der Waals surface area contributed by atoms with Crippen LogP contribution in [-0.4, -0.2) is 45.1 Å². The first-order valence-electron chi connectivity index (χ1n) is 8.68. The van der Waals surface area contributed by atoms with Gasteiger partial charge in [-0.1, -0.05) is 12.1 Å². The number of rotatable bonds is 7. The largest absolute Gasteiger partial charge is 0.494 e. The summed E-state index contributed by atoms with van der Waals surface area (Å²) in [6.07, 6.45) is 1.52. The summed E-state index contributed by atoms with van der Waals surface area (Å²) in [6, 6.07) is 7.50. The molecule has 1 aromatic carbocycles. The normalized spacial score (nSPS) is 22.2. The molecule has 1 saturated carbocycles. The van der Waals surface area contributed by atoms with Crippen molar-refractivity contribution in [3.8, 4) is 5.75 Å². The molecule has 1 aliphatic carbocycles. The van der Waals surface area contributed by atoms with Crippen LogP contribution in [0.15, 0.2) is 24.3 Å². The summed E-state index contributed by atoms with van der Waals surface area (Å²) in [6.45, 7) is 8.65. The van der Waals surface area contributed by atoms with Crippen molar-refractivity contribution >= 4 is 22.6 Å². The minimum absolute atomic E-state index is 0.202. The summed E-state index contributed by atoms with van der Waals surface area (Å²) in [7, 11) is -3.54. The van der Waals surface area contributed by atoms with Crippen LogP contribution < -0.4 is 14.9 Å². The van der Waals surface area contributed by atoms with E-state index < -0.39 is 17.1 Å². The lowest BCUT2D eigenvalue weighted by Gasteiger charge is -2.32. The summed E-state index contributed by atoms with van der Waals surface area (Å²) < 4.78 is 43.6. The second kappa shape index (κ2) is 6.57. The van der Waals surface area contributed by atoms with Gasteiger partial charge in [0.15, 0.2) is 0 Å². The highest BCUT2D eigenvalue weighted by Crippen LogP contribution is 2.36. The predicted octanol–water partition coefficient (Wildman–Crippen LogP) is 1.45. The summed E-state index contributed by atoms with van der Waals surface area (Å²) in [5.41, 5.74) is 0.192. The molecule has 0 radical (unpaired) electrons. The predicted molar refractivity (Wildman–Crippen MR) is 97.6 cm³/mol. The van der Waals surface area contributed by atoms with Gasteiger partial charge in [0, 0.05) is 6.54 Å². The Kier molecular flexibility index (Phi) is 4.92. The molecule has 138 valence electrons. The molecule has 0 amide bonds. The van der Waals surface area contributed by atoms with Crippen LogP contribution in [0.25, 0.3) is 0 Å². The Balaban J connectivity index is 1.49. The second-order valence-corrected chi connectivity index (χ2v) is 9.69. The molecule has 1 N–H and O–H groups in total. The summed E-state index contributed by atoms with van der Waals surface area (Å²) >= 11 is 0. The van der Waals surface area contributed by atoms with E-state index in [4.69, 9.17) is 14.0 Å².